The Labute approximate surface area is 90.9 Å². The highest BCUT2D eigenvalue weighted by Crippen LogP contribution is 2.20. The first-order valence-electron chi connectivity index (χ1n) is 5.36. The summed E-state index contributed by atoms with van der Waals surface area (Å²) in [5, 5.41) is 3.35. The summed E-state index contributed by atoms with van der Waals surface area (Å²) in [4.78, 5) is 4.34. The normalized spacial score (nSPS) is 12.6. The minimum atomic E-state index is 0.796. The summed E-state index contributed by atoms with van der Waals surface area (Å²) in [6, 6.07) is 0. The quantitative estimate of drug-likeness (QED) is 0.617. The van der Waals surface area contributed by atoms with Gasteiger partial charge in [0.1, 0.15) is 0 Å². The van der Waals surface area contributed by atoms with Gasteiger partial charge >= 0.3 is 0 Å². The zero-order valence-corrected chi connectivity index (χ0v) is 9.72. The van der Waals surface area contributed by atoms with Crippen molar-refractivity contribution in [1.82, 2.24) is 4.98 Å². The molecule has 1 nitrogen and oxygen atoms in total. The van der Waals surface area contributed by atoms with E-state index in [1.165, 1.54) is 24.3 Å². The molecule has 1 atom stereocenters. The van der Waals surface area contributed by atoms with Crippen LogP contribution in [0.4, 0.5) is 0 Å². The van der Waals surface area contributed by atoms with Crippen LogP contribution in [-0.2, 0) is 6.42 Å². The number of hydrogen-bond donors (Lipinski definition) is 0. The number of thiazole rings is 1. The molecule has 0 aromatic carbocycles. The molecule has 0 fully saturated rings. The van der Waals surface area contributed by atoms with Crippen molar-refractivity contribution in [2.24, 2.45) is 5.92 Å². The van der Waals surface area contributed by atoms with Crippen LogP contribution in [0.15, 0.2) is 24.2 Å². The molecule has 0 aliphatic carbocycles. The van der Waals surface area contributed by atoms with Crippen LogP contribution < -0.4 is 0 Å². The van der Waals surface area contributed by atoms with Gasteiger partial charge in [0, 0.05) is 18.0 Å². The molecule has 0 aliphatic heterocycles. The molecule has 0 N–H and O–H groups in total. The third-order valence-corrected chi connectivity index (χ3v) is 3.22. The van der Waals surface area contributed by atoms with Gasteiger partial charge in [0.05, 0.1) is 5.01 Å². The fourth-order valence-electron chi connectivity index (χ4n) is 1.71. The Balaban J connectivity index is 2.38. The molecule has 0 saturated heterocycles. The third kappa shape index (κ3) is 4.05. The molecule has 1 heterocycles. The average Bonchev–Trinajstić information content (AvgIpc) is 2.67. The van der Waals surface area contributed by atoms with Crippen LogP contribution in [0.1, 0.15) is 37.6 Å². The van der Waals surface area contributed by atoms with Crippen molar-refractivity contribution in [3.8, 4) is 0 Å². The van der Waals surface area contributed by atoms with Crippen LogP contribution in [0.25, 0.3) is 0 Å². The molecule has 0 radical (unpaired) electrons. The van der Waals surface area contributed by atoms with Gasteiger partial charge in [0.25, 0.3) is 0 Å². The van der Waals surface area contributed by atoms with Crippen molar-refractivity contribution in [2.75, 3.05) is 0 Å². The first-order valence-corrected chi connectivity index (χ1v) is 6.24. The molecule has 1 aromatic heterocycles. The van der Waals surface area contributed by atoms with Crippen molar-refractivity contribution in [2.45, 2.75) is 39.0 Å². The van der Waals surface area contributed by atoms with Crippen molar-refractivity contribution in [1.29, 1.82) is 0 Å². The summed E-state index contributed by atoms with van der Waals surface area (Å²) in [5.74, 6) is 0.796. The van der Waals surface area contributed by atoms with Gasteiger partial charge in [0.15, 0.2) is 0 Å². The van der Waals surface area contributed by atoms with Crippen molar-refractivity contribution in [3.05, 3.63) is 29.2 Å². The van der Waals surface area contributed by atoms with Gasteiger partial charge in [-0.3, -0.25) is 0 Å². The van der Waals surface area contributed by atoms with Crippen molar-refractivity contribution in [3.63, 3.8) is 0 Å². The van der Waals surface area contributed by atoms with Crippen LogP contribution in [0.3, 0.4) is 0 Å². The predicted octanol–water partition coefficient (Wildman–Crippen LogP) is 4.07. The molecule has 1 rings (SSSR count). The molecular formula is C12H19NS. The van der Waals surface area contributed by atoms with Crippen LogP contribution in [0.5, 0.6) is 0 Å². The minimum Gasteiger partial charge on any atom is -0.250 e. The second kappa shape index (κ2) is 6.77. The van der Waals surface area contributed by atoms with Gasteiger partial charge in [0.2, 0.25) is 0 Å². The smallest absolute Gasteiger partial charge is 0.0927 e. The first-order chi connectivity index (χ1) is 6.86. The van der Waals surface area contributed by atoms with E-state index in [2.05, 4.69) is 23.9 Å². The fraction of sp³-hybridized carbons (Fsp3) is 0.583. The maximum absolute atomic E-state index is 4.34. The van der Waals surface area contributed by atoms with E-state index >= 15 is 0 Å². The van der Waals surface area contributed by atoms with Gasteiger partial charge < -0.3 is 0 Å². The van der Waals surface area contributed by atoms with E-state index in [4.69, 9.17) is 0 Å². The zero-order valence-electron chi connectivity index (χ0n) is 8.91. The molecule has 0 aliphatic rings. The SMILES string of the molecule is C=CCCC(CCC)Cc1nccs1. The van der Waals surface area contributed by atoms with E-state index in [1.54, 1.807) is 11.3 Å². The number of aromatic nitrogens is 1. The highest BCUT2D eigenvalue weighted by Gasteiger charge is 2.09. The van der Waals surface area contributed by atoms with E-state index in [9.17, 15) is 0 Å². The minimum absolute atomic E-state index is 0.796. The first kappa shape index (κ1) is 11.4. The van der Waals surface area contributed by atoms with E-state index in [1.807, 2.05) is 12.3 Å². The second-order valence-corrected chi connectivity index (χ2v) is 4.63. The lowest BCUT2D eigenvalue weighted by atomic mass is 9.95. The topological polar surface area (TPSA) is 12.9 Å². The lowest BCUT2D eigenvalue weighted by Gasteiger charge is -2.12. The summed E-state index contributed by atoms with van der Waals surface area (Å²) in [6.45, 7) is 6.03. The molecular weight excluding hydrogens is 190 g/mol. The van der Waals surface area contributed by atoms with Gasteiger partial charge in [-0.25, -0.2) is 4.98 Å². The Morgan fingerprint density at radius 1 is 1.57 bits per heavy atom. The molecule has 0 bridgehead atoms. The summed E-state index contributed by atoms with van der Waals surface area (Å²) in [5.41, 5.74) is 0. The Bertz CT molecular complexity index is 241. The zero-order chi connectivity index (χ0) is 10.2. The van der Waals surface area contributed by atoms with Gasteiger partial charge in [-0.15, -0.1) is 17.9 Å². The second-order valence-electron chi connectivity index (χ2n) is 3.65. The van der Waals surface area contributed by atoms with Crippen molar-refractivity contribution < 1.29 is 0 Å². The molecule has 1 aromatic rings. The number of hydrogen-bond acceptors (Lipinski definition) is 2. The third-order valence-electron chi connectivity index (χ3n) is 2.42. The van der Waals surface area contributed by atoms with E-state index in [0.717, 1.165) is 18.8 Å². The van der Waals surface area contributed by atoms with Gasteiger partial charge in [-0.1, -0.05) is 25.8 Å². The molecule has 2 heteroatoms. The molecule has 0 saturated carbocycles. The van der Waals surface area contributed by atoms with Crippen molar-refractivity contribution >= 4 is 11.3 Å². The largest absolute Gasteiger partial charge is 0.250 e. The van der Waals surface area contributed by atoms with E-state index in [-0.39, 0.29) is 0 Å². The van der Waals surface area contributed by atoms with E-state index < -0.39 is 0 Å². The molecule has 78 valence electrons. The van der Waals surface area contributed by atoms with Gasteiger partial charge in [-0.2, -0.15) is 0 Å². The number of rotatable bonds is 7. The summed E-state index contributed by atoms with van der Waals surface area (Å²) in [7, 11) is 0. The summed E-state index contributed by atoms with van der Waals surface area (Å²) >= 11 is 1.77. The van der Waals surface area contributed by atoms with Crippen LogP contribution in [-0.4, -0.2) is 4.98 Å². The monoisotopic (exact) mass is 209 g/mol. The Morgan fingerprint density at radius 3 is 3.00 bits per heavy atom. The van der Waals surface area contributed by atoms with Crippen LogP contribution >= 0.6 is 11.3 Å². The van der Waals surface area contributed by atoms with E-state index in [0.29, 0.717) is 0 Å². The van der Waals surface area contributed by atoms with Crippen LogP contribution in [0, 0.1) is 5.92 Å². The molecule has 0 amide bonds. The average molecular weight is 209 g/mol. The fourth-order valence-corrected chi connectivity index (χ4v) is 2.44. The molecule has 1 unspecified atom stereocenters. The summed E-state index contributed by atoms with van der Waals surface area (Å²) < 4.78 is 0. The number of nitrogens with zero attached hydrogens (tertiary/aromatic N) is 1. The van der Waals surface area contributed by atoms with Gasteiger partial charge in [-0.05, 0) is 18.8 Å². The number of allylic oxidation sites excluding steroid dienone is 1. The standard InChI is InChI=1S/C12H19NS/c1-3-5-7-11(6-4-2)10-12-13-8-9-14-12/h3,8-9,11H,1,4-7,10H2,2H3. The summed E-state index contributed by atoms with van der Waals surface area (Å²) in [6.07, 6.45) is 10.0. The molecule has 14 heavy (non-hydrogen) atoms. The Morgan fingerprint density at radius 2 is 2.43 bits per heavy atom. The maximum atomic E-state index is 4.34. The maximum Gasteiger partial charge on any atom is 0.0927 e. The highest BCUT2D eigenvalue weighted by atomic mass is 32.1. The Hall–Kier alpha value is -0.630. The lowest BCUT2D eigenvalue weighted by molar-refractivity contribution is 0.446. The lowest BCUT2D eigenvalue weighted by Crippen LogP contribution is -2.03. The Kier molecular flexibility index (Phi) is 5.53. The highest BCUT2D eigenvalue weighted by molar-refractivity contribution is 7.09. The van der Waals surface area contributed by atoms with Crippen LogP contribution in [0.2, 0.25) is 0 Å². The molecule has 0 spiro atoms. The predicted molar refractivity (Wildman–Crippen MR) is 63.6 cm³/mol.